The molecular weight excluding hydrogens is 425 g/mol. The molecule has 2 saturated heterocycles. The van der Waals surface area contributed by atoms with Crippen LogP contribution in [-0.4, -0.2) is 36.1 Å². The summed E-state index contributed by atoms with van der Waals surface area (Å²) in [5, 5.41) is 8.18. The van der Waals surface area contributed by atoms with Crippen LogP contribution < -0.4 is 26.3 Å². The summed E-state index contributed by atoms with van der Waals surface area (Å²) >= 11 is 0. The van der Waals surface area contributed by atoms with Crippen LogP contribution in [0.5, 0.6) is 5.75 Å². The topological polar surface area (TPSA) is 94.7 Å². The molecule has 0 aromatic heterocycles. The maximum atomic E-state index is 13.1. The van der Waals surface area contributed by atoms with Gasteiger partial charge in [0.15, 0.2) is 0 Å². The molecule has 3 fully saturated rings. The fraction of sp³-hybridized carbons (Fsp3) is 0.417. The molecular formula is C24H28FN5O3. The van der Waals surface area contributed by atoms with Gasteiger partial charge in [0.1, 0.15) is 17.7 Å². The van der Waals surface area contributed by atoms with Gasteiger partial charge < -0.3 is 15.4 Å². The molecule has 2 heterocycles. The zero-order valence-corrected chi connectivity index (χ0v) is 18.4. The minimum Gasteiger partial charge on any atom is -0.497 e. The second-order valence-corrected chi connectivity index (χ2v) is 8.90. The Bertz CT molecular complexity index is 1020. The van der Waals surface area contributed by atoms with E-state index in [0.717, 1.165) is 16.9 Å². The van der Waals surface area contributed by atoms with E-state index < -0.39 is 0 Å². The number of benzene rings is 2. The monoisotopic (exact) mass is 453 g/mol. The predicted octanol–water partition coefficient (Wildman–Crippen LogP) is 1.76. The summed E-state index contributed by atoms with van der Waals surface area (Å²) in [5.74, 6) is 0.144. The van der Waals surface area contributed by atoms with E-state index in [9.17, 15) is 14.0 Å². The second kappa shape index (κ2) is 9.09. The maximum absolute atomic E-state index is 13.1. The van der Waals surface area contributed by atoms with Gasteiger partial charge in [-0.15, -0.1) is 0 Å². The lowest BCUT2D eigenvalue weighted by molar-refractivity contribution is -0.143. The first kappa shape index (κ1) is 21.8. The van der Waals surface area contributed by atoms with E-state index >= 15 is 0 Å². The average Bonchev–Trinajstić information content (AvgIpc) is 3.27. The average molecular weight is 454 g/mol. The number of halogens is 1. The van der Waals surface area contributed by atoms with Crippen LogP contribution in [0.2, 0.25) is 0 Å². The van der Waals surface area contributed by atoms with Crippen molar-refractivity contribution in [3.63, 3.8) is 0 Å². The third-order valence-electron chi connectivity index (χ3n) is 6.99. The van der Waals surface area contributed by atoms with Crippen LogP contribution in [0.25, 0.3) is 0 Å². The van der Waals surface area contributed by atoms with Gasteiger partial charge in [0, 0.05) is 18.5 Å². The van der Waals surface area contributed by atoms with Crippen molar-refractivity contribution in [1.29, 1.82) is 0 Å². The van der Waals surface area contributed by atoms with E-state index in [1.54, 1.807) is 19.2 Å². The molecule has 2 aliphatic heterocycles. The summed E-state index contributed by atoms with van der Waals surface area (Å²) in [6, 6.07) is 13.6. The standard InChI is InChI=1S/C24H28FN5O3/c1-33-18-9-4-15(5-10-18)21-22-27-24(32)19-11-6-16(12-20(19)30(22)29-28-21)23(31)26-13-14-2-7-17(25)8-3-14/h2-5,7-10,16,19-22,28-29H,6,11-13H2,1H3,(H,26,31)(H,27,32). The normalized spacial score (nSPS) is 29.0. The Kier molecular flexibility index (Phi) is 6.01. The molecule has 9 heteroatoms. The number of fused-ring (bicyclic) bond motifs is 3. The SMILES string of the molecule is COc1ccc(C2NNN3C4CC(C(=O)NCc5ccc(F)cc5)CCC4C(=O)NC23)cc1. The van der Waals surface area contributed by atoms with E-state index in [-0.39, 0.29) is 47.7 Å². The van der Waals surface area contributed by atoms with Crippen LogP contribution in [-0.2, 0) is 16.1 Å². The molecule has 2 aromatic carbocycles. The summed E-state index contributed by atoms with van der Waals surface area (Å²) < 4.78 is 18.3. The maximum Gasteiger partial charge on any atom is 0.226 e. The van der Waals surface area contributed by atoms with Crippen LogP contribution in [0.4, 0.5) is 4.39 Å². The molecule has 5 rings (SSSR count). The van der Waals surface area contributed by atoms with E-state index in [4.69, 9.17) is 4.74 Å². The van der Waals surface area contributed by atoms with Crippen LogP contribution in [0, 0.1) is 17.7 Å². The molecule has 0 bridgehead atoms. The van der Waals surface area contributed by atoms with Gasteiger partial charge in [-0.1, -0.05) is 24.3 Å². The van der Waals surface area contributed by atoms with Gasteiger partial charge >= 0.3 is 0 Å². The number of hydrazine groups is 2. The van der Waals surface area contributed by atoms with E-state index in [1.165, 1.54) is 12.1 Å². The number of carbonyl (C=O) groups excluding carboxylic acids is 2. The lowest BCUT2D eigenvalue weighted by Gasteiger charge is -2.46. The number of nitrogens with zero attached hydrogens (tertiary/aromatic N) is 1. The highest BCUT2D eigenvalue weighted by molar-refractivity contribution is 5.83. The fourth-order valence-electron chi connectivity index (χ4n) is 5.16. The smallest absolute Gasteiger partial charge is 0.226 e. The lowest BCUT2D eigenvalue weighted by atomic mass is 9.75. The highest BCUT2D eigenvalue weighted by atomic mass is 19.1. The third kappa shape index (κ3) is 4.31. The van der Waals surface area contributed by atoms with E-state index in [2.05, 4.69) is 26.6 Å². The van der Waals surface area contributed by atoms with Gasteiger partial charge in [0.25, 0.3) is 0 Å². The van der Waals surface area contributed by atoms with Crippen LogP contribution in [0.1, 0.15) is 36.4 Å². The third-order valence-corrected chi connectivity index (χ3v) is 6.99. The Balaban J connectivity index is 1.25. The number of amides is 2. The predicted molar refractivity (Wildman–Crippen MR) is 119 cm³/mol. The second-order valence-electron chi connectivity index (χ2n) is 8.90. The van der Waals surface area contributed by atoms with Crippen molar-refractivity contribution < 1.29 is 18.7 Å². The number of nitrogens with one attached hydrogen (secondary N) is 4. The number of ether oxygens (including phenoxy) is 1. The van der Waals surface area contributed by atoms with Gasteiger partial charge in [-0.25, -0.2) is 14.8 Å². The van der Waals surface area contributed by atoms with Gasteiger partial charge in [0.2, 0.25) is 11.8 Å². The van der Waals surface area contributed by atoms with Crippen molar-refractivity contribution in [2.45, 2.75) is 44.1 Å². The van der Waals surface area contributed by atoms with Gasteiger partial charge in [-0.3, -0.25) is 9.59 Å². The number of hydrogen-bond acceptors (Lipinski definition) is 6. The molecule has 3 aliphatic rings. The van der Waals surface area contributed by atoms with Crippen molar-refractivity contribution in [2.75, 3.05) is 7.11 Å². The fourth-order valence-corrected chi connectivity index (χ4v) is 5.16. The summed E-state index contributed by atoms with van der Waals surface area (Å²) in [4.78, 5) is 25.8. The molecule has 8 nitrogen and oxygen atoms in total. The van der Waals surface area contributed by atoms with Crippen molar-refractivity contribution in [1.82, 2.24) is 26.6 Å². The quantitative estimate of drug-likeness (QED) is 0.551. The molecule has 5 atom stereocenters. The summed E-state index contributed by atoms with van der Waals surface area (Å²) in [6.07, 6.45) is 1.66. The Labute approximate surface area is 191 Å². The first-order valence-electron chi connectivity index (χ1n) is 11.3. The summed E-state index contributed by atoms with van der Waals surface area (Å²) in [6.45, 7) is 0.357. The number of hydrogen-bond donors (Lipinski definition) is 4. The van der Waals surface area contributed by atoms with Crippen molar-refractivity contribution in [2.24, 2.45) is 11.8 Å². The molecule has 4 N–H and O–H groups in total. The number of carbonyl (C=O) groups is 2. The Morgan fingerprint density at radius 3 is 2.64 bits per heavy atom. The minimum absolute atomic E-state index is 0.0285. The minimum atomic E-state index is -0.298. The first-order valence-corrected chi connectivity index (χ1v) is 11.3. The van der Waals surface area contributed by atoms with Crippen molar-refractivity contribution in [3.8, 4) is 5.75 Å². The molecule has 174 valence electrons. The first-order chi connectivity index (χ1) is 16.0. The van der Waals surface area contributed by atoms with Gasteiger partial charge in [0.05, 0.1) is 19.1 Å². The zero-order valence-electron chi connectivity index (χ0n) is 18.4. The van der Waals surface area contributed by atoms with E-state index in [1.807, 2.05) is 24.3 Å². The lowest BCUT2D eigenvalue weighted by Crippen LogP contribution is -2.65. The van der Waals surface area contributed by atoms with Gasteiger partial charge in [-0.2, -0.15) is 5.53 Å². The molecule has 33 heavy (non-hydrogen) atoms. The van der Waals surface area contributed by atoms with E-state index in [0.29, 0.717) is 25.8 Å². The van der Waals surface area contributed by atoms with Crippen molar-refractivity contribution >= 4 is 11.8 Å². The molecule has 0 radical (unpaired) electrons. The largest absolute Gasteiger partial charge is 0.497 e. The van der Waals surface area contributed by atoms with Crippen molar-refractivity contribution in [3.05, 3.63) is 65.5 Å². The van der Waals surface area contributed by atoms with Crippen LogP contribution >= 0.6 is 0 Å². The highest BCUT2D eigenvalue weighted by Gasteiger charge is 2.51. The Morgan fingerprint density at radius 2 is 1.91 bits per heavy atom. The van der Waals surface area contributed by atoms with Gasteiger partial charge in [-0.05, 0) is 54.7 Å². The Hall–Kier alpha value is -3.01. The van der Waals surface area contributed by atoms with Crippen LogP contribution in [0.3, 0.4) is 0 Å². The summed E-state index contributed by atoms with van der Waals surface area (Å²) in [5.41, 5.74) is 8.42. The number of methoxy groups -OCH3 is 1. The Morgan fingerprint density at radius 1 is 1.15 bits per heavy atom. The highest BCUT2D eigenvalue weighted by Crippen LogP contribution is 2.39. The zero-order chi connectivity index (χ0) is 22.9. The molecule has 0 spiro atoms. The van der Waals surface area contributed by atoms with Crippen LogP contribution in [0.15, 0.2) is 48.5 Å². The summed E-state index contributed by atoms with van der Waals surface area (Å²) in [7, 11) is 1.63. The molecule has 2 amide bonds. The molecule has 5 unspecified atom stereocenters. The number of rotatable bonds is 5. The molecule has 2 aromatic rings. The molecule has 1 aliphatic carbocycles. The molecule has 1 saturated carbocycles.